The zero-order valence-corrected chi connectivity index (χ0v) is 13.5. The number of nitro groups is 1. The van der Waals surface area contributed by atoms with Crippen molar-refractivity contribution >= 4 is 32.0 Å². The molecule has 1 saturated heterocycles. The third-order valence-electron chi connectivity index (χ3n) is 3.58. The molecular formula is C11H18N4O4S2. The zero-order valence-electron chi connectivity index (χ0n) is 11.9. The molecule has 118 valence electrons. The molecule has 0 bridgehead atoms. The second-order valence-electron chi connectivity index (χ2n) is 5.27. The summed E-state index contributed by atoms with van der Waals surface area (Å²) in [4.78, 5) is 12.2. The van der Waals surface area contributed by atoms with Crippen LogP contribution in [0.2, 0.25) is 0 Å². The highest BCUT2D eigenvalue weighted by Crippen LogP contribution is 2.35. The van der Waals surface area contributed by atoms with Gasteiger partial charge in [-0.1, -0.05) is 11.3 Å². The monoisotopic (exact) mass is 334 g/mol. The number of rotatable bonds is 5. The molecule has 2 rings (SSSR count). The molecule has 0 saturated carbocycles. The van der Waals surface area contributed by atoms with E-state index in [9.17, 15) is 18.5 Å². The van der Waals surface area contributed by atoms with E-state index in [1.807, 2.05) is 7.05 Å². The first-order chi connectivity index (χ1) is 9.71. The van der Waals surface area contributed by atoms with E-state index >= 15 is 0 Å². The van der Waals surface area contributed by atoms with Crippen molar-refractivity contribution in [2.75, 3.05) is 39.5 Å². The Labute approximate surface area is 127 Å². The molecule has 1 aromatic rings. The van der Waals surface area contributed by atoms with E-state index in [0.29, 0.717) is 6.54 Å². The molecule has 0 spiro atoms. The molecule has 1 atom stereocenters. The summed E-state index contributed by atoms with van der Waals surface area (Å²) in [6, 6.07) is 1.03. The van der Waals surface area contributed by atoms with Gasteiger partial charge in [0.15, 0.2) is 5.00 Å². The van der Waals surface area contributed by atoms with Crippen molar-refractivity contribution in [3.05, 3.63) is 16.2 Å². The van der Waals surface area contributed by atoms with Gasteiger partial charge in [-0.2, -0.15) is 4.31 Å². The third kappa shape index (κ3) is 3.34. The Morgan fingerprint density at radius 3 is 2.76 bits per heavy atom. The summed E-state index contributed by atoms with van der Waals surface area (Å²) >= 11 is 0.732. The van der Waals surface area contributed by atoms with Gasteiger partial charge in [-0.15, -0.1) is 0 Å². The highest BCUT2D eigenvalue weighted by molar-refractivity contribution is 7.91. The van der Waals surface area contributed by atoms with Crippen LogP contribution in [0.4, 0.5) is 10.7 Å². The van der Waals surface area contributed by atoms with Crippen LogP contribution in [-0.4, -0.2) is 56.3 Å². The van der Waals surface area contributed by atoms with Crippen LogP contribution in [0.3, 0.4) is 0 Å². The van der Waals surface area contributed by atoms with Crippen LogP contribution >= 0.6 is 11.3 Å². The summed E-state index contributed by atoms with van der Waals surface area (Å²) in [5, 5.41) is 10.7. The van der Waals surface area contributed by atoms with E-state index in [-0.39, 0.29) is 20.8 Å². The second-order valence-corrected chi connectivity index (χ2v) is 8.63. The van der Waals surface area contributed by atoms with Crippen LogP contribution in [0.5, 0.6) is 0 Å². The van der Waals surface area contributed by atoms with E-state index < -0.39 is 14.9 Å². The summed E-state index contributed by atoms with van der Waals surface area (Å²) in [5.74, 6) is 0.280. The predicted octanol–water partition coefficient (Wildman–Crippen LogP) is 0.811. The molecule has 0 aliphatic carbocycles. The number of nitrogen functional groups attached to an aromatic ring is 1. The fourth-order valence-electron chi connectivity index (χ4n) is 2.43. The van der Waals surface area contributed by atoms with E-state index in [4.69, 9.17) is 5.73 Å². The van der Waals surface area contributed by atoms with Crippen molar-refractivity contribution in [3.8, 4) is 0 Å². The summed E-state index contributed by atoms with van der Waals surface area (Å²) < 4.78 is 26.0. The van der Waals surface area contributed by atoms with Crippen LogP contribution < -0.4 is 5.73 Å². The third-order valence-corrected chi connectivity index (χ3v) is 6.81. The van der Waals surface area contributed by atoms with Gasteiger partial charge in [-0.25, -0.2) is 8.42 Å². The molecule has 21 heavy (non-hydrogen) atoms. The lowest BCUT2D eigenvalue weighted by molar-refractivity contribution is -0.383. The molecule has 1 aromatic heterocycles. The fraction of sp³-hybridized carbons (Fsp3) is 0.636. The van der Waals surface area contributed by atoms with E-state index in [1.54, 1.807) is 0 Å². The first kappa shape index (κ1) is 16.1. The van der Waals surface area contributed by atoms with Crippen molar-refractivity contribution in [1.82, 2.24) is 9.21 Å². The van der Waals surface area contributed by atoms with Gasteiger partial charge in [0.05, 0.1) is 4.92 Å². The predicted molar refractivity (Wildman–Crippen MR) is 80.8 cm³/mol. The molecule has 8 nitrogen and oxygen atoms in total. The van der Waals surface area contributed by atoms with Crippen LogP contribution in [-0.2, 0) is 10.0 Å². The van der Waals surface area contributed by atoms with Gasteiger partial charge in [-0.3, -0.25) is 10.1 Å². The van der Waals surface area contributed by atoms with Gasteiger partial charge in [0.2, 0.25) is 0 Å². The molecule has 1 aliphatic heterocycles. The minimum Gasteiger partial charge on any atom is -0.385 e. The summed E-state index contributed by atoms with van der Waals surface area (Å²) in [5.41, 5.74) is 5.15. The van der Waals surface area contributed by atoms with Crippen LogP contribution in [0, 0.1) is 16.0 Å². The van der Waals surface area contributed by atoms with Crippen molar-refractivity contribution in [2.24, 2.45) is 5.92 Å². The Morgan fingerprint density at radius 2 is 2.29 bits per heavy atom. The molecule has 2 N–H and O–H groups in total. The Balaban J connectivity index is 2.17. The maximum absolute atomic E-state index is 12.4. The average Bonchev–Trinajstić information content (AvgIpc) is 2.95. The minimum absolute atomic E-state index is 0.0828. The summed E-state index contributed by atoms with van der Waals surface area (Å²) in [6.45, 7) is 2.21. The first-order valence-electron chi connectivity index (χ1n) is 6.40. The number of nitrogens with zero attached hydrogens (tertiary/aromatic N) is 3. The topological polar surface area (TPSA) is 110 Å². The van der Waals surface area contributed by atoms with E-state index in [2.05, 4.69) is 4.90 Å². The minimum atomic E-state index is -3.73. The lowest BCUT2D eigenvalue weighted by Crippen LogP contribution is -2.32. The van der Waals surface area contributed by atoms with Crippen LogP contribution in [0.1, 0.15) is 6.42 Å². The Bertz CT molecular complexity index is 643. The largest absolute Gasteiger partial charge is 0.385 e. The number of sulfonamides is 1. The maximum atomic E-state index is 12.4. The molecule has 1 fully saturated rings. The highest BCUT2D eigenvalue weighted by Gasteiger charge is 2.31. The summed E-state index contributed by atoms with van der Waals surface area (Å²) in [6.07, 6.45) is 0.948. The quantitative estimate of drug-likeness (QED) is 0.630. The molecule has 0 aromatic carbocycles. The lowest BCUT2D eigenvalue weighted by Gasteiger charge is -2.19. The van der Waals surface area contributed by atoms with Gasteiger partial charge in [0.25, 0.3) is 10.0 Å². The molecule has 1 aliphatic rings. The Kier molecular flexibility index (Phi) is 4.51. The molecule has 2 heterocycles. The van der Waals surface area contributed by atoms with Gasteiger partial charge in [0, 0.05) is 26.2 Å². The molecule has 0 radical (unpaired) electrons. The van der Waals surface area contributed by atoms with Gasteiger partial charge >= 0.3 is 5.69 Å². The number of nitrogens with two attached hydrogens (primary N) is 1. The summed E-state index contributed by atoms with van der Waals surface area (Å²) in [7, 11) is -0.237. The second kappa shape index (κ2) is 5.87. The number of hydrogen-bond donors (Lipinski definition) is 1. The molecule has 1 unspecified atom stereocenters. The zero-order chi connectivity index (χ0) is 15.8. The smallest absolute Gasteiger partial charge is 0.304 e. The lowest BCUT2D eigenvalue weighted by atomic mass is 10.1. The number of thiophene rings is 1. The first-order valence-corrected chi connectivity index (χ1v) is 8.66. The maximum Gasteiger partial charge on any atom is 0.304 e. The van der Waals surface area contributed by atoms with Gasteiger partial charge in [0.1, 0.15) is 4.21 Å². The van der Waals surface area contributed by atoms with Crippen molar-refractivity contribution in [2.45, 2.75) is 10.6 Å². The number of likely N-dealkylation sites (tertiary alicyclic amines) is 1. The van der Waals surface area contributed by atoms with Gasteiger partial charge < -0.3 is 10.6 Å². The van der Waals surface area contributed by atoms with Crippen molar-refractivity contribution in [3.63, 3.8) is 0 Å². The Morgan fingerprint density at radius 1 is 1.62 bits per heavy atom. The van der Waals surface area contributed by atoms with Crippen molar-refractivity contribution in [1.29, 1.82) is 0 Å². The number of anilines is 1. The Hall–Kier alpha value is -1.23. The van der Waals surface area contributed by atoms with Crippen LogP contribution in [0.15, 0.2) is 10.3 Å². The molecule has 0 amide bonds. The number of hydrogen-bond acceptors (Lipinski definition) is 7. The highest BCUT2D eigenvalue weighted by atomic mass is 32.2. The standard InChI is InChI=1S/C11H18N4O4S2/c1-13-4-3-8(6-13)7-14(2)21(18,19)10-5-9(15(16)17)11(12)20-10/h5,8H,3-4,6-7,12H2,1-2H3. The average molecular weight is 334 g/mol. The van der Waals surface area contributed by atoms with E-state index in [0.717, 1.165) is 36.9 Å². The SMILES string of the molecule is CN1CCC(CN(C)S(=O)(=O)c2cc([N+](=O)[O-])c(N)s2)C1. The fourth-order valence-corrected chi connectivity index (χ4v) is 5.11. The molecular weight excluding hydrogens is 316 g/mol. The molecule has 10 heteroatoms. The van der Waals surface area contributed by atoms with E-state index in [1.165, 1.54) is 11.4 Å². The van der Waals surface area contributed by atoms with Crippen LogP contribution in [0.25, 0.3) is 0 Å². The van der Waals surface area contributed by atoms with Crippen molar-refractivity contribution < 1.29 is 13.3 Å². The normalized spacial score (nSPS) is 20.2. The van der Waals surface area contributed by atoms with Gasteiger partial charge in [-0.05, 0) is 25.9 Å².